The Bertz CT molecular complexity index is 886. The molecule has 28 heavy (non-hydrogen) atoms. The second kappa shape index (κ2) is 7.61. The SMILES string of the molecule is O=C1CC[C@]2(CCCN(C(=O)c3ccc(=O)[nH]c3)C2)CN1CCc1cnc[nH]1. The zero-order chi connectivity index (χ0) is 19.6. The van der Waals surface area contributed by atoms with E-state index in [1.54, 1.807) is 18.6 Å². The minimum absolute atomic E-state index is 0.0437. The summed E-state index contributed by atoms with van der Waals surface area (Å²) in [4.78, 5) is 50.1. The molecule has 2 aliphatic rings. The summed E-state index contributed by atoms with van der Waals surface area (Å²) in [6, 6.07) is 2.95. The Kier molecular flexibility index (Phi) is 5.02. The van der Waals surface area contributed by atoms with Gasteiger partial charge in [-0.25, -0.2) is 4.98 Å². The molecule has 2 aromatic rings. The van der Waals surface area contributed by atoms with Gasteiger partial charge in [-0.3, -0.25) is 14.4 Å². The van der Waals surface area contributed by atoms with Gasteiger partial charge in [0.2, 0.25) is 11.5 Å². The number of carbonyl (C=O) groups excluding carboxylic acids is 2. The van der Waals surface area contributed by atoms with Gasteiger partial charge in [0, 0.05) is 68.6 Å². The van der Waals surface area contributed by atoms with Gasteiger partial charge in [0.25, 0.3) is 5.91 Å². The maximum Gasteiger partial charge on any atom is 0.255 e. The van der Waals surface area contributed by atoms with Crippen LogP contribution in [0.25, 0.3) is 0 Å². The minimum atomic E-state index is -0.217. The highest BCUT2D eigenvalue weighted by Crippen LogP contribution is 2.39. The molecule has 0 unspecified atom stereocenters. The molecule has 4 rings (SSSR count). The summed E-state index contributed by atoms with van der Waals surface area (Å²) >= 11 is 0. The molecular weight excluding hydrogens is 358 g/mol. The second-order valence-corrected chi connectivity index (χ2v) is 7.91. The number of amides is 2. The number of imidazole rings is 1. The van der Waals surface area contributed by atoms with E-state index in [2.05, 4.69) is 15.0 Å². The van der Waals surface area contributed by atoms with Crippen molar-refractivity contribution in [1.82, 2.24) is 24.8 Å². The molecular formula is C20H25N5O3. The number of aromatic nitrogens is 3. The van der Waals surface area contributed by atoms with E-state index in [1.165, 1.54) is 12.3 Å². The summed E-state index contributed by atoms with van der Waals surface area (Å²) in [7, 11) is 0. The lowest BCUT2D eigenvalue weighted by molar-refractivity contribution is -0.138. The molecule has 2 aromatic heterocycles. The Hall–Kier alpha value is -2.90. The quantitative estimate of drug-likeness (QED) is 0.828. The molecule has 4 heterocycles. The minimum Gasteiger partial charge on any atom is -0.348 e. The Morgan fingerprint density at radius 2 is 2.07 bits per heavy atom. The van der Waals surface area contributed by atoms with Crippen LogP contribution in [0.15, 0.2) is 35.6 Å². The van der Waals surface area contributed by atoms with Gasteiger partial charge < -0.3 is 19.8 Å². The number of carbonyl (C=O) groups is 2. The van der Waals surface area contributed by atoms with E-state index in [0.29, 0.717) is 38.2 Å². The molecule has 0 radical (unpaired) electrons. The zero-order valence-electron chi connectivity index (χ0n) is 15.8. The molecule has 8 nitrogen and oxygen atoms in total. The largest absolute Gasteiger partial charge is 0.348 e. The topological polar surface area (TPSA) is 102 Å². The van der Waals surface area contributed by atoms with E-state index in [-0.39, 0.29) is 22.8 Å². The number of aromatic amines is 2. The average molecular weight is 383 g/mol. The molecule has 1 atom stereocenters. The molecule has 1 spiro atoms. The third-order valence-corrected chi connectivity index (χ3v) is 5.93. The predicted octanol–water partition coefficient (Wildman–Crippen LogP) is 1.19. The molecule has 2 aliphatic heterocycles. The van der Waals surface area contributed by atoms with Crippen LogP contribution in [0.1, 0.15) is 41.7 Å². The first-order chi connectivity index (χ1) is 13.5. The summed E-state index contributed by atoms with van der Waals surface area (Å²) in [6.07, 6.45) is 8.97. The van der Waals surface area contributed by atoms with Gasteiger partial charge in [0.15, 0.2) is 0 Å². The molecule has 2 N–H and O–H groups in total. The van der Waals surface area contributed by atoms with Crippen LogP contribution in [-0.2, 0) is 11.2 Å². The number of hydrogen-bond donors (Lipinski definition) is 2. The fraction of sp³-hybridized carbons (Fsp3) is 0.500. The molecule has 8 heteroatoms. The van der Waals surface area contributed by atoms with Crippen LogP contribution in [0.5, 0.6) is 0 Å². The van der Waals surface area contributed by atoms with Gasteiger partial charge in [0.1, 0.15) is 0 Å². The highest BCUT2D eigenvalue weighted by atomic mass is 16.2. The normalized spacial score (nSPS) is 22.6. The van der Waals surface area contributed by atoms with Gasteiger partial charge >= 0.3 is 0 Å². The number of H-pyrrole nitrogens is 2. The third-order valence-electron chi connectivity index (χ3n) is 5.93. The lowest BCUT2D eigenvalue weighted by atomic mass is 9.73. The van der Waals surface area contributed by atoms with Crippen molar-refractivity contribution in [2.75, 3.05) is 26.2 Å². The lowest BCUT2D eigenvalue weighted by Gasteiger charge is -2.48. The fourth-order valence-electron chi connectivity index (χ4n) is 4.42. The van der Waals surface area contributed by atoms with Crippen LogP contribution in [0.2, 0.25) is 0 Å². The van der Waals surface area contributed by atoms with Crippen LogP contribution in [-0.4, -0.2) is 62.7 Å². The van der Waals surface area contributed by atoms with Crippen molar-refractivity contribution in [1.29, 1.82) is 0 Å². The molecule has 0 aliphatic carbocycles. The standard InChI is InChI=1S/C20H25N5O3/c26-17-3-2-15(10-22-17)19(28)25-8-1-6-20(13-25)7-4-18(27)24(12-20)9-5-16-11-21-14-23-16/h2-3,10-11,14H,1,4-9,12-13H2,(H,21,23)(H,22,26)/t20-/m1/s1. The van der Waals surface area contributed by atoms with E-state index in [0.717, 1.165) is 31.4 Å². The smallest absolute Gasteiger partial charge is 0.255 e. The second-order valence-electron chi connectivity index (χ2n) is 7.91. The molecule has 2 saturated heterocycles. The monoisotopic (exact) mass is 383 g/mol. The van der Waals surface area contributed by atoms with Crippen LogP contribution in [0.3, 0.4) is 0 Å². The number of rotatable bonds is 4. The van der Waals surface area contributed by atoms with Gasteiger partial charge in [-0.1, -0.05) is 0 Å². The number of hydrogen-bond acceptors (Lipinski definition) is 4. The number of likely N-dealkylation sites (tertiary alicyclic amines) is 2. The van der Waals surface area contributed by atoms with Crippen molar-refractivity contribution in [3.05, 3.63) is 52.5 Å². The highest BCUT2D eigenvalue weighted by molar-refractivity contribution is 5.94. The first-order valence-electron chi connectivity index (χ1n) is 9.78. The zero-order valence-corrected chi connectivity index (χ0v) is 15.8. The van der Waals surface area contributed by atoms with Crippen LogP contribution >= 0.6 is 0 Å². The van der Waals surface area contributed by atoms with E-state index in [9.17, 15) is 14.4 Å². The van der Waals surface area contributed by atoms with Crippen molar-refractivity contribution >= 4 is 11.8 Å². The molecule has 0 saturated carbocycles. The Balaban J connectivity index is 1.44. The maximum atomic E-state index is 12.9. The summed E-state index contributed by atoms with van der Waals surface area (Å²) in [6.45, 7) is 2.71. The lowest BCUT2D eigenvalue weighted by Crippen LogP contribution is -2.55. The number of nitrogens with one attached hydrogen (secondary N) is 2. The van der Waals surface area contributed by atoms with Crippen molar-refractivity contribution in [2.45, 2.75) is 32.1 Å². The van der Waals surface area contributed by atoms with Gasteiger partial charge in [-0.2, -0.15) is 0 Å². The third kappa shape index (κ3) is 3.85. The maximum absolute atomic E-state index is 12.9. The van der Waals surface area contributed by atoms with Gasteiger partial charge in [0.05, 0.1) is 11.9 Å². The van der Waals surface area contributed by atoms with Crippen molar-refractivity contribution < 1.29 is 9.59 Å². The van der Waals surface area contributed by atoms with Crippen LogP contribution in [0, 0.1) is 5.41 Å². The summed E-state index contributed by atoms with van der Waals surface area (Å²) in [5.41, 5.74) is 1.26. The van der Waals surface area contributed by atoms with Crippen molar-refractivity contribution in [2.24, 2.45) is 5.41 Å². The molecule has 0 aromatic carbocycles. The van der Waals surface area contributed by atoms with E-state index >= 15 is 0 Å². The van der Waals surface area contributed by atoms with Crippen LogP contribution in [0.4, 0.5) is 0 Å². The molecule has 2 amide bonds. The van der Waals surface area contributed by atoms with Gasteiger partial charge in [-0.05, 0) is 25.3 Å². The van der Waals surface area contributed by atoms with E-state index in [1.807, 2.05) is 9.80 Å². The van der Waals surface area contributed by atoms with Gasteiger partial charge in [-0.15, -0.1) is 0 Å². The van der Waals surface area contributed by atoms with E-state index < -0.39 is 0 Å². The summed E-state index contributed by atoms with van der Waals surface area (Å²) in [5, 5.41) is 0. The number of piperidine rings is 2. The Morgan fingerprint density at radius 3 is 2.82 bits per heavy atom. The number of pyridine rings is 1. The van der Waals surface area contributed by atoms with Crippen molar-refractivity contribution in [3.8, 4) is 0 Å². The summed E-state index contributed by atoms with van der Waals surface area (Å²) < 4.78 is 0. The van der Waals surface area contributed by atoms with Crippen molar-refractivity contribution in [3.63, 3.8) is 0 Å². The Morgan fingerprint density at radius 1 is 1.18 bits per heavy atom. The molecule has 0 bridgehead atoms. The summed E-state index contributed by atoms with van der Waals surface area (Å²) in [5.74, 6) is 0.130. The average Bonchev–Trinajstić information content (AvgIpc) is 3.23. The first kappa shape index (κ1) is 18.5. The molecule has 148 valence electrons. The Labute approximate surface area is 163 Å². The van der Waals surface area contributed by atoms with E-state index in [4.69, 9.17) is 0 Å². The van der Waals surface area contributed by atoms with Crippen LogP contribution < -0.4 is 5.56 Å². The molecule has 2 fully saturated rings. The number of nitrogens with zero attached hydrogens (tertiary/aromatic N) is 3. The fourth-order valence-corrected chi connectivity index (χ4v) is 4.42. The highest BCUT2D eigenvalue weighted by Gasteiger charge is 2.42. The first-order valence-corrected chi connectivity index (χ1v) is 9.78. The predicted molar refractivity (Wildman–Crippen MR) is 103 cm³/mol.